The van der Waals surface area contributed by atoms with Crippen LogP contribution in [0.5, 0.6) is 0 Å². The molecule has 6 heterocycles. The SMILES string of the molecule is CCCCCCCCN1C(=O)c2ccc3c4c(ccc(c24)C1=O)C(=O)N(c1cc(N2C(=O)c4cccc5c(N6CCCCC6)ccc(c45)C2=O)cc(-n2c(=O)c4cc5c(=O)[nH]c(=O)c5cc4c2=O)c1)C3=O. The molecule has 0 spiro atoms. The number of rotatable bonds is 11. The molecular formula is C55H42N6O10. The molecule has 0 saturated carbocycles. The lowest BCUT2D eigenvalue weighted by molar-refractivity contribution is 0.0605. The molecule has 71 heavy (non-hydrogen) atoms. The van der Waals surface area contributed by atoms with E-state index in [1.165, 1.54) is 47.4 Å². The van der Waals surface area contributed by atoms with Gasteiger partial charge in [-0.05, 0) is 98.5 Å². The lowest BCUT2D eigenvalue weighted by atomic mass is 9.85. The molecule has 0 bridgehead atoms. The lowest BCUT2D eigenvalue weighted by Crippen LogP contribution is -2.44. The number of H-pyrrole nitrogens is 1. The Balaban J connectivity index is 1.000. The van der Waals surface area contributed by atoms with Crippen molar-refractivity contribution in [1.82, 2.24) is 14.5 Å². The van der Waals surface area contributed by atoms with Crippen molar-refractivity contribution in [3.8, 4) is 5.69 Å². The van der Waals surface area contributed by atoms with Crippen molar-refractivity contribution in [3.63, 3.8) is 0 Å². The number of carbonyl (C=O) groups excluding carboxylic acids is 6. The van der Waals surface area contributed by atoms with Crippen molar-refractivity contribution >= 4 is 95.6 Å². The van der Waals surface area contributed by atoms with Gasteiger partial charge < -0.3 is 4.90 Å². The van der Waals surface area contributed by atoms with E-state index in [1.54, 1.807) is 18.2 Å². The molecule has 8 aromatic rings. The second kappa shape index (κ2) is 16.2. The first-order valence-electron chi connectivity index (χ1n) is 24.0. The Bertz CT molecular complexity index is 3830. The van der Waals surface area contributed by atoms with Crippen LogP contribution in [0, 0.1) is 0 Å². The first-order chi connectivity index (χ1) is 34.4. The summed E-state index contributed by atoms with van der Waals surface area (Å²) >= 11 is 0. The summed E-state index contributed by atoms with van der Waals surface area (Å²) < 4.78 is 0.736. The van der Waals surface area contributed by atoms with E-state index in [4.69, 9.17) is 0 Å². The van der Waals surface area contributed by atoms with Gasteiger partial charge in [-0.1, -0.05) is 51.2 Å². The van der Waals surface area contributed by atoms with Crippen molar-refractivity contribution in [2.75, 3.05) is 34.3 Å². The van der Waals surface area contributed by atoms with E-state index >= 15 is 0 Å². The van der Waals surface area contributed by atoms with Crippen molar-refractivity contribution in [3.05, 3.63) is 160 Å². The standard InChI is InChI=1S/C55H42N6O10/c1-2-3-4-5-6-10-22-58-48(64)34-14-16-36-45-37(17-15-35(44(34)45)49(58)65)53(69)60(52(36)68)29-23-28(24-30(25-29)61-54(70)40-26-38-39(27-41(40)55(61)71)47(63)56-46(38)62)59-50(66)32-13-11-12-31-42(57-20-8-7-9-21-57)19-18-33(43(31)32)51(59)67/h11-19,23-27H,2-10,20-22H2,1H3,(H,56,62,63). The van der Waals surface area contributed by atoms with E-state index < -0.39 is 57.7 Å². The maximum Gasteiger partial charge on any atom is 0.266 e. The Morgan fingerprint density at radius 3 is 1.45 bits per heavy atom. The van der Waals surface area contributed by atoms with Crippen LogP contribution in [0.3, 0.4) is 0 Å². The van der Waals surface area contributed by atoms with E-state index in [1.807, 2.05) is 12.1 Å². The maximum atomic E-state index is 15.0. The van der Waals surface area contributed by atoms with Crippen molar-refractivity contribution in [2.45, 2.75) is 64.7 Å². The number of hydrogen-bond donors (Lipinski definition) is 1. The number of amides is 6. The number of benzene rings is 6. The van der Waals surface area contributed by atoms with Crippen LogP contribution >= 0.6 is 0 Å². The molecule has 1 N–H and O–H groups in total. The molecule has 1 fully saturated rings. The third-order valence-electron chi connectivity index (χ3n) is 14.7. The van der Waals surface area contributed by atoms with Crippen LogP contribution in [0.2, 0.25) is 0 Å². The van der Waals surface area contributed by atoms with Crippen molar-refractivity contribution in [1.29, 1.82) is 0 Å². The average molecular weight is 947 g/mol. The molecule has 6 amide bonds. The van der Waals surface area contributed by atoms with Gasteiger partial charge in [-0.15, -0.1) is 0 Å². The average Bonchev–Trinajstić information content (AvgIpc) is 3.80. The van der Waals surface area contributed by atoms with Crippen molar-refractivity contribution in [2.24, 2.45) is 0 Å². The first-order valence-corrected chi connectivity index (χ1v) is 24.0. The molecule has 2 aromatic heterocycles. The zero-order valence-electron chi connectivity index (χ0n) is 38.4. The van der Waals surface area contributed by atoms with E-state index in [2.05, 4.69) is 16.8 Å². The largest absolute Gasteiger partial charge is 0.371 e. The molecule has 4 aliphatic rings. The zero-order chi connectivity index (χ0) is 49.1. The summed E-state index contributed by atoms with van der Waals surface area (Å²) in [6.07, 6.45) is 8.79. The molecule has 352 valence electrons. The van der Waals surface area contributed by atoms with Crippen LogP contribution in [-0.2, 0) is 0 Å². The van der Waals surface area contributed by atoms with Gasteiger partial charge in [-0.2, -0.15) is 0 Å². The Labute approximate surface area is 402 Å². The maximum absolute atomic E-state index is 15.0. The number of piperidine rings is 1. The highest BCUT2D eigenvalue weighted by Gasteiger charge is 2.42. The molecule has 0 radical (unpaired) electrons. The number of imide groups is 3. The van der Waals surface area contributed by atoms with Gasteiger partial charge in [-0.25, -0.2) is 14.4 Å². The van der Waals surface area contributed by atoms with Crippen LogP contribution in [0.4, 0.5) is 17.1 Å². The Morgan fingerprint density at radius 2 is 0.901 bits per heavy atom. The predicted molar refractivity (Wildman–Crippen MR) is 268 cm³/mol. The number of aromatic amines is 1. The van der Waals surface area contributed by atoms with Gasteiger partial charge in [0.25, 0.3) is 57.7 Å². The molecule has 1 saturated heterocycles. The van der Waals surface area contributed by atoms with Gasteiger partial charge in [0.15, 0.2) is 0 Å². The third-order valence-corrected chi connectivity index (χ3v) is 14.7. The second-order valence-electron chi connectivity index (χ2n) is 18.8. The number of carbonyl (C=O) groups is 6. The van der Waals surface area contributed by atoms with Crippen LogP contribution in [0.1, 0.15) is 127 Å². The van der Waals surface area contributed by atoms with Gasteiger partial charge in [0.1, 0.15) is 0 Å². The normalized spacial score (nSPS) is 15.8. The number of aromatic nitrogens is 2. The smallest absolute Gasteiger partial charge is 0.266 e. The lowest BCUT2D eigenvalue weighted by Gasteiger charge is -2.33. The van der Waals surface area contributed by atoms with Gasteiger partial charge in [-0.3, -0.25) is 57.8 Å². The summed E-state index contributed by atoms with van der Waals surface area (Å²) in [4.78, 5) is 149. The highest BCUT2D eigenvalue weighted by molar-refractivity contribution is 6.40. The first kappa shape index (κ1) is 43.6. The predicted octanol–water partition coefficient (Wildman–Crippen LogP) is 7.28. The summed E-state index contributed by atoms with van der Waals surface area (Å²) in [6.45, 7) is 3.97. The molecule has 0 atom stereocenters. The second-order valence-corrected chi connectivity index (χ2v) is 18.8. The van der Waals surface area contributed by atoms with Crippen LogP contribution in [0.15, 0.2) is 104 Å². The fraction of sp³-hybridized carbons (Fsp3) is 0.236. The summed E-state index contributed by atoms with van der Waals surface area (Å²) in [5.41, 5.74) is -2.42. The summed E-state index contributed by atoms with van der Waals surface area (Å²) in [7, 11) is 0. The van der Waals surface area contributed by atoms with Crippen LogP contribution in [0.25, 0.3) is 48.8 Å². The minimum Gasteiger partial charge on any atom is -0.371 e. The van der Waals surface area contributed by atoms with E-state index in [0.29, 0.717) is 11.8 Å². The quantitative estimate of drug-likeness (QED) is 0.101. The number of fused-ring (bicyclic) bond motifs is 2. The van der Waals surface area contributed by atoms with Crippen LogP contribution < -0.4 is 36.9 Å². The highest BCUT2D eigenvalue weighted by atomic mass is 16.2. The number of anilines is 3. The topological polar surface area (TPSA) is 204 Å². The summed E-state index contributed by atoms with van der Waals surface area (Å²) in [5, 5.41) is 0.865. The Morgan fingerprint density at radius 1 is 0.437 bits per heavy atom. The van der Waals surface area contributed by atoms with Crippen LogP contribution in [-0.4, -0.2) is 69.5 Å². The Hall–Kier alpha value is -8.66. The van der Waals surface area contributed by atoms with Gasteiger partial charge in [0, 0.05) is 80.2 Å². The summed E-state index contributed by atoms with van der Waals surface area (Å²) in [5.74, 6) is -4.32. The minimum absolute atomic E-state index is 0.0226. The van der Waals surface area contributed by atoms with E-state index in [0.717, 1.165) is 102 Å². The summed E-state index contributed by atoms with van der Waals surface area (Å²) in [6, 6.07) is 20.6. The molecule has 0 aliphatic carbocycles. The zero-order valence-corrected chi connectivity index (χ0v) is 38.4. The fourth-order valence-corrected chi connectivity index (χ4v) is 11.2. The van der Waals surface area contributed by atoms with E-state index in [-0.39, 0.29) is 89.3 Å². The minimum atomic E-state index is -0.916. The van der Waals surface area contributed by atoms with Crippen molar-refractivity contribution < 1.29 is 28.8 Å². The number of nitrogens with zero attached hydrogens (tertiary/aromatic N) is 5. The fourth-order valence-electron chi connectivity index (χ4n) is 11.2. The number of nitrogens with one attached hydrogen (secondary N) is 1. The van der Waals surface area contributed by atoms with Gasteiger partial charge in [0.2, 0.25) is 0 Å². The van der Waals surface area contributed by atoms with Gasteiger partial charge in [0.05, 0.1) is 38.6 Å². The molecular weight excluding hydrogens is 905 g/mol. The third kappa shape index (κ3) is 6.36. The molecule has 16 heteroatoms. The molecule has 6 aromatic carbocycles. The Kier molecular flexibility index (Phi) is 9.96. The molecule has 16 nitrogen and oxygen atoms in total. The number of unbranched alkanes of at least 4 members (excludes halogenated alkanes) is 5. The monoisotopic (exact) mass is 946 g/mol. The molecule has 12 rings (SSSR count). The highest BCUT2D eigenvalue weighted by Crippen LogP contribution is 2.43. The number of hydrogen-bond acceptors (Lipinski definition) is 11. The van der Waals surface area contributed by atoms with E-state index in [9.17, 15) is 47.9 Å². The molecule has 4 aliphatic heterocycles. The molecule has 0 unspecified atom stereocenters. The van der Waals surface area contributed by atoms with Gasteiger partial charge >= 0.3 is 0 Å².